The second-order valence-electron chi connectivity index (χ2n) is 24.9. The molecule has 6 aliphatic heterocycles. The summed E-state index contributed by atoms with van der Waals surface area (Å²) in [5, 5.41) is 8.38. The number of aryl methyl sites for hydroxylation is 1. The number of fused-ring (bicyclic) bond motifs is 9. The molecule has 3 saturated heterocycles. The van der Waals surface area contributed by atoms with Crippen molar-refractivity contribution in [3.63, 3.8) is 0 Å². The fourth-order valence-corrected chi connectivity index (χ4v) is 16.3. The topological polar surface area (TPSA) is 169 Å². The summed E-state index contributed by atoms with van der Waals surface area (Å²) in [5.41, 5.74) is 34.8. The van der Waals surface area contributed by atoms with Crippen molar-refractivity contribution in [1.82, 2.24) is 14.7 Å². The van der Waals surface area contributed by atoms with E-state index < -0.39 is 0 Å². The molecule has 3 spiro atoms. The average Bonchev–Trinajstić information content (AvgIpc) is 2.23. The Labute approximate surface area is 529 Å². The molecule has 8 heterocycles. The molecule has 7 N–H and O–H groups in total. The summed E-state index contributed by atoms with van der Waals surface area (Å²) in [6.45, 7) is 10.7. The van der Waals surface area contributed by atoms with Crippen LogP contribution >= 0.6 is 34.3 Å². The third-order valence-electron chi connectivity index (χ3n) is 19.9. The number of halogens is 1. The molecule has 0 unspecified atom stereocenters. The van der Waals surface area contributed by atoms with E-state index in [4.69, 9.17) is 38.3 Å². The number of rotatable bonds is 9. The molecule has 1 aliphatic carbocycles. The Morgan fingerprint density at radius 2 is 1.14 bits per heavy atom. The molecule has 15 rings (SSSR count). The Morgan fingerprint density at radius 3 is 1.70 bits per heavy atom. The van der Waals surface area contributed by atoms with Gasteiger partial charge in [0.15, 0.2) is 0 Å². The number of hydrogen-bond acceptors (Lipinski definition) is 11. The van der Waals surface area contributed by atoms with Gasteiger partial charge in [-0.1, -0.05) is 109 Å². The molecule has 8 aromatic rings. The summed E-state index contributed by atoms with van der Waals surface area (Å²) in [5.74, 6) is 2.61. The average molecular weight is 1230 g/mol. The molecule has 452 valence electrons. The van der Waals surface area contributed by atoms with Gasteiger partial charge in [-0.05, 0) is 166 Å². The third-order valence-corrected chi connectivity index (χ3v) is 22.1. The van der Waals surface area contributed by atoms with Crippen LogP contribution in [-0.4, -0.2) is 91.4 Å². The molecule has 0 bridgehead atoms. The fourth-order valence-electron chi connectivity index (χ4n) is 14.5. The highest BCUT2D eigenvalue weighted by molar-refractivity contribution is 7.12. The van der Waals surface area contributed by atoms with Gasteiger partial charge in [0.25, 0.3) is 5.91 Å². The van der Waals surface area contributed by atoms with E-state index in [2.05, 4.69) is 114 Å². The second-order valence-corrected chi connectivity index (χ2v) is 27.2. The lowest BCUT2D eigenvalue weighted by Crippen LogP contribution is -2.46. The van der Waals surface area contributed by atoms with E-state index in [1.807, 2.05) is 69.8 Å². The normalized spacial score (nSPS) is 17.9. The molecule has 3 amide bonds. The summed E-state index contributed by atoms with van der Waals surface area (Å²) in [4.78, 5) is 47.1. The Hall–Kier alpha value is -7.56. The number of anilines is 1. The minimum atomic E-state index is 0.0177. The van der Waals surface area contributed by atoms with Crippen molar-refractivity contribution in [2.45, 2.75) is 93.7 Å². The highest BCUT2D eigenvalue weighted by Gasteiger charge is 2.46. The van der Waals surface area contributed by atoms with Gasteiger partial charge in [-0.2, -0.15) is 0 Å². The number of ether oxygens (including phenoxy) is 2. The van der Waals surface area contributed by atoms with Crippen molar-refractivity contribution < 1.29 is 23.9 Å². The summed E-state index contributed by atoms with van der Waals surface area (Å²) in [6, 6.07) is 47.9. The van der Waals surface area contributed by atoms with Crippen molar-refractivity contribution in [2.75, 3.05) is 64.3 Å². The zero-order valence-corrected chi connectivity index (χ0v) is 52.3. The van der Waals surface area contributed by atoms with Gasteiger partial charge in [-0.25, -0.2) is 0 Å². The zero-order valence-electron chi connectivity index (χ0n) is 49.9. The maximum Gasteiger partial charge on any atom is 0.263 e. The number of likely N-dealkylation sites (tertiary alicyclic amines) is 3. The molecule has 15 heteroatoms. The Bertz CT molecular complexity index is 3880. The summed E-state index contributed by atoms with van der Waals surface area (Å²) < 4.78 is 12.0. The number of nitrogens with zero attached hydrogens (tertiary/aromatic N) is 3. The predicted octanol–water partition coefficient (Wildman–Crippen LogP) is 13.2. The first-order valence-corrected chi connectivity index (χ1v) is 33.1. The smallest absolute Gasteiger partial charge is 0.263 e. The predicted molar refractivity (Wildman–Crippen MR) is 355 cm³/mol. The number of nitrogens with one attached hydrogen (secondary N) is 1. The molecular formula is C73H76ClN7O5S2. The number of nitrogens with two attached hydrogens (primary N) is 3. The molecule has 12 nitrogen and oxygen atoms in total. The minimum Gasteiger partial charge on any atom is -0.492 e. The standard InChI is InChI=1S/C28H28N2O2.C24H24ClN3OS.C21H24N2O2S/c29-17-19-9-10-26-25(15-19)28(18-32-26)11-13-30(14-12-28)27(31)16-24-22-7-3-1-5-20(22)21-6-2-4-8-23(21)24;25-19-4-2-17(3-5-19)18-12-22(30-14-18)23(29)28-9-7-24(8-10-28)15-27-21-6-1-16(13-26)11-20(21)24;1-15-6-11-26-19(15)4-5-20(24)23-9-7-21(8-10-23)14-25-18-3-2-16(13-22)12-17(18)21/h1-10,15,24H,11-14,16-18,29H2;1-6,11-12,14,27H,7-10,13,15,26H2;2-6,11-12H,7-10,13-14,22H2,1H3/b;;5-4+. The number of carbonyl (C=O) groups is 3. The van der Waals surface area contributed by atoms with Crippen molar-refractivity contribution >= 4 is 63.8 Å². The molecule has 0 saturated carbocycles. The van der Waals surface area contributed by atoms with E-state index in [1.54, 1.807) is 17.4 Å². The largest absolute Gasteiger partial charge is 0.492 e. The molecule has 0 radical (unpaired) electrons. The Kier molecular flexibility index (Phi) is 17.0. The monoisotopic (exact) mass is 1230 g/mol. The van der Waals surface area contributed by atoms with Crippen molar-refractivity contribution in [1.29, 1.82) is 0 Å². The van der Waals surface area contributed by atoms with Gasteiger partial charge in [-0.15, -0.1) is 22.7 Å². The molecule has 6 aromatic carbocycles. The van der Waals surface area contributed by atoms with Gasteiger partial charge in [0.1, 0.15) is 11.5 Å². The maximum atomic E-state index is 13.4. The molecule has 2 aromatic heterocycles. The van der Waals surface area contributed by atoms with Gasteiger partial charge < -0.3 is 46.7 Å². The molecule has 0 atom stereocenters. The van der Waals surface area contributed by atoms with E-state index >= 15 is 0 Å². The first-order chi connectivity index (χ1) is 42.9. The van der Waals surface area contributed by atoms with Crippen LogP contribution in [0.5, 0.6) is 11.5 Å². The number of carbonyl (C=O) groups excluding carboxylic acids is 3. The van der Waals surface area contributed by atoms with Crippen molar-refractivity contribution in [2.24, 2.45) is 17.2 Å². The fraction of sp³-hybridized carbons (Fsp3) is 0.329. The van der Waals surface area contributed by atoms with Gasteiger partial charge in [0, 0.05) is 127 Å². The van der Waals surface area contributed by atoms with Crippen LogP contribution in [0.15, 0.2) is 156 Å². The maximum absolute atomic E-state index is 13.4. The van der Waals surface area contributed by atoms with Gasteiger partial charge in [0.05, 0.1) is 18.1 Å². The van der Waals surface area contributed by atoms with Crippen molar-refractivity contribution in [3.05, 3.63) is 221 Å². The van der Waals surface area contributed by atoms with E-state index in [1.165, 1.54) is 67.1 Å². The highest BCUT2D eigenvalue weighted by Crippen LogP contribution is 2.50. The lowest BCUT2D eigenvalue weighted by Gasteiger charge is -2.39. The van der Waals surface area contributed by atoms with E-state index in [-0.39, 0.29) is 39.9 Å². The first kappa shape index (κ1) is 59.4. The summed E-state index contributed by atoms with van der Waals surface area (Å²) >= 11 is 9.17. The summed E-state index contributed by atoms with van der Waals surface area (Å²) in [7, 11) is 0. The van der Waals surface area contributed by atoms with E-state index in [0.717, 1.165) is 128 Å². The molecular weight excluding hydrogens is 1150 g/mol. The number of hydrogen-bond donors (Lipinski definition) is 4. The minimum absolute atomic E-state index is 0.0177. The Morgan fingerprint density at radius 1 is 0.602 bits per heavy atom. The first-order valence-electron chi connectivity index (χ1n) is 31.0. The van der Waals surface area contributed by atoms with Crippen LogP contribution in [0.1, 0.15) is 115 Å². The quantitative estimate of drug-likeness (QED) is 0.103. The van der Waals surface area contributed by atoms with Crippen LogP contribution in [0.2, 0.25) is 5.02 Å². The van der Waals surface area contributed by atoms with E-state index in [9.17, 15) is 14.4 Å². The van der Waals surface area contributed by atoms with Crippen LogP contribution in [0.4, 0.5) is 5.69 Å². The lowest BCUT2D eigenvalue weighted by molar-refractivity contribution is -0.133. The second kappa shape index (κ2) is 25.1. The number of amides is 3. The molecule has 3 fully saturated rings. The third kappa shape index (κ3) is 11.6. The SMILES string of the molecule is Cc1ccsc1/C=C/C(=O)N1CCC2(CC1)COc1ccc(CN)cc12.NCc1ccc2c(c1)C1(CCN(C(=O)CC3c4ccccc4-c4ccccc43)CC1)CO2.NCc1ccc2c(c1)C1(CCN(C(=O)c3cc(-c4ccc(Cl)cc4)cs3)CC1)CN2. The highest BCUT2D eigenvalue weighted by atomic mass is 35.5. The Balaban J connectivity index is 0.000000122. The lowest BCUT2D eigenvalue weighted by atomic mass is 9.74. The van der Waals surface area contributed by atoms with Crippen LogP contribution in [0.25, 0.3) is 28.3 Å². The van der Waals surface area contributed by atoms with Crippen LogP contribution < -0.4 is 32.0 Å². The summed E-state index contributed by atoms with van der Waals surface area (Å²) in [6.07, 6.45) is 9.89. The number of piperidine rings is 3. The van der Waals surface area contributed by atoms with Crippen LogP contribution in [0.3, 0.4) is 0 Å². The van der Waals surface area contributed by atoms with Crippen LogP contribution in [0, 0.1) is 6.92 Å². The van der Waals surface area contributed by atoms with E-state index in [0.29, 0.717) is 44.3 Å². The number of thiophene rings is 2. The molecule has 7 aliphatic rings. The van der Waals surface area contributed by atoms with Crippen molar-refractivity contribution in [3.8, 4) is 33.8 Å². The number of benzene rings is 6. The van der Waals surface area contributed by atoms with Crippen LogP contribution in [-0.2, 0) is 45.5 Å². The van der Waals surface area contributed by atoms with Gasteiger partial charge in [-0.3, -0.25) is 14.4 Å². The van der Waals surface area contributed by atoms with Gasteiger partial charge in [0.2, 0.25) is 11.8 Å². The molecule has 88 heavy (non-hydrogen) atoms. The van der Waals surface area contributed by atoms with Gasteiger partial charge >= 0.3 is 0 Å². The zero-order chi connectivity index (χ0) is 60.6.